The molecule has 0 saturated heterocycles. The van der Waals surface area contributed by atoms with E-state index < -0.39 is 0 Å². The second kappa shape index (κ2) is 16.5. The summed E-state index contributed by atoms with van der Waals surface area (Å²) in [6, 6.07) is 0. The standard InChI is InChI=1S/2C3H9N.C3H7/c2*1-4(2)3;1-3-2/h2*1-3H3;1,3H2,2H3. The fourth-order valence-corrected chi connectivity index (χ4v) is 0. The van der Waals surface area contributed by atoms with E-state index in [-0.39, 0.29) is 0 Å². The molecule has 11 heavy (non-hydrogen) atoms. The van der Waals surface area contributed by atoms with Crippen molar-refractivity contribution in [2.75, 3.05) is 42.3 Å². The molecule has 1 radical (unpaired) electrons. The lowest BCUT2D eigenvalue weighted by molar-refractivity contribution is 0.505. The summed E-state index contributed by atoms with van der Waals surface area (Å²) in [5.74, 6) is 0. The normalized spacial score (nSPS) is 8.18. The predicted octanol–water partition coefficient (Wildman–Crippen LogP) is 1.59. The molecule has 0 spiro atoms. The Kier molecular flexibility index (Phi) is 25.7. The Morgan fingerprint density at radius 2 is 0.818 bits per heavy atom. The highest BCUT2D eigenvalue weighted by atomic mass is 15.0. The van der Waals surface area contributed by atoms with Crippen LogP contribution in [0.3, 0.4) is 0 Å². The van der Waals surface area contributed by atoms with Gasteiger partial charge >= 0.3 is 0 Å². The molecule has 0 heterocycles. The van der Waals surface area contributed by atoms with Crippen molar-refractivity contribution in [2.24, 2.45) is 0 Å². The van der Waals surface area contributed by atoms with Gasteiger partial charge in [-0.2, -0.15) is 0 Å². The van der Waals surface area contributed by atoms with Gasteiger partial charge in [0.05, 0.1) is 0 Å². The van der Waals surface area contributed by atoms with Gasteiger partial charge in [-0.15, -0.1) is 0 Å². The molecule has 2 heteroatoms. The zero-order chi connectivity index (χ0) is 9.86. The van der Waals surface area contributed by atoms with Crippen LogP contribution >= 0.6 is 0 Å². The second-order valence-corrected chi connectivity index (χ2v) is 3.18. The third-order valence-electron chi connectivity index (χ3n) is 0. The van der Waals surface area contributed by atoms with Crippen molar-refractivity contribution in [2.45, 2.75) is 13.3 Å². The van der Waals surface area contributed by atoms with Crippen LogP contribution in [0.4, 0.5) is 0 Å². The molecule has 71 valence electrons. The Bertz CT molecular complexity index is 31.3. The summed E-state index contributed by atoms with van der Waals surface area (Å²) >= 11 is 0. The van der Waals surface area contributed by atoms with Crippen molar-refractivity contribution >= 4 is 0 Å². The van der Waals surface area contributed by atoms with E-state index in [1.807, 2.05) is 59.0 Å². The minimum atomic E-state index is 1.00. The molecule has 0 bridgehead atoms. The molecule has 0 aliphatic heterocycles. The molecule has 0 unspecified atom stereocenters. The zero-order valence-corrected chi connectivity index (χ0v) is 9.31. The largest absolute Gasteiger partial charge is 0.312 e. The van der Waals surface area contributed by atoms with Crippen molar-refractivity contribution in [3.05, 3.63) is 6.92 Å². The Labute approximate surface area is 73.2 Å². The molecular weight excluding hydrogens is 136 g/mol. The van der Waals surface area contributed by atoms with Crippen LogP contribution in [0.1, 0.15) is 13.3 Å². The zero-order valence-electron chi connectivity index (χ0n) is 9.31. The highest BCUT2D eigenvalue weighted by Gasteiger charge is 1.58. The summed E-state index contributed by atoms with van der Waals surface area (Å²) in [5, 5.41) is 0. The first-order chi connectivity index (χ1) is 4.88. The van der Waals surface area contributed by atoms with Crippen LogP contribution in [-0.2, 0) is 0 Å². The first-order valence-electron chi connectivity index (χ1n) is 3.89. The maximum absolute atomic E-state index is 3.49. The average molecular weight is 161 g/mol. The van der Waals surface area contributed by atoms with Gasteiger partial charge in [0.15, 0.2) is 0 Å². The molecule has 0 aliphatic carbocycles. The van der Waals surface area contributed by atoms with Crippen molar-refractivity contribution in [3.63, 3.8) is 0 Å². The van der Waals surface area contributed by atoms with E-state index in [4.69, 9.17) is 0 Å². The monoisotopic (exact) mass is 161 g/mol. The summed E-state index contributed by atoms with van der Waals surface area (Å²) in [5.41, 5.74) is 0. The number of hydrogen-bond acceptors (Lipinski definition) is 2. The van der Waals surface area contributed by atoms with E-state index >= 15 is 0 Å². The van der Waals surface area contributed by atoms with Crippen LogP contribution in [0.2, 0.25) is 0 Å². The first-order valence-corrected chi connectivity index (χ1v) is 3.89. The van der Waals surface area contributed by atoms with E-state index in [9.17, 15) is 0 Å². The van der Waals surface area contributed by atoms with Gasteiger partial charge in [0.2, 0.25) is 0 Å². The van der Waals surface area contributed by atoms with Crippen molar-refractivity contribution in [1.29, 1.82) is 0 Å². The van der Waals surface area contributed by atoms with E-state index in [0.717, 1.165) is 6.42 Å². The summed E-state index contributed by atoms with van der Waals surface area (Å²) < 4.78 is 0. The highest BCUT2D eigenvalue weighted by Crippen LogP contribution is 1.54. The van der Waals surface area contributed by atoms with E-state index in [1.54, 1.807) is 0 Å². The van der Waals surface area contributed by atoms with Gasteiger partial charge in [-0.05, 0) is 42.3 Å². The molecule has 0 aliphatic rings. The van der Waals surface area contributed by atoms with Gasteiger partial charge in [0, 0.05) is 0 Å². The number of nitrogens with zero attached hydrogens (tertiary/aromatic N) is 2. The van der Waals surface area contributed by atoms with Gasteiger partial charge in [0.1, 0.15) is 0 Å². The van der Waals surface area contributed by atoms with E-state index in [1.165, 1.54) is 0 Å². The van der Waals surface area contributed by atoms with Crippen LogP contribution in [-0.4, -0.2) is 52.1 Å². The number of rotatable bonds is 0. The lowest BCUT2D eigenvalue weighted by Gasteiger charge is -1.90. The summed E-state index contributed by atoms with van der Waals surface area (Å²) in [6.45, 7) is 5.50. The van der Waals surface area contributed by atoms with E-state index in [2.05, 4.69) is 6.92 Å². The van der Waals surface area contributed by atoms with Crippen molar-refractivity contribution < 1.29 is 0 Å². The second-order valence-electron chi connectivity index (χ2n) is 3.18. The van der Waals surface area contributed by atoms with Gasteiger partial charge in [-0.25, -0.2) is 0 Å². The lowest BCUT2D eigenvalue weighted by atomic mass is 10.6. The molecular formula is C9H25N2. The fraction of sp³-hybridized carbons (Fsp3) is 0.889. The van der Waals surface area contributed by atoms with Gasteiger partial charge < -0.3 is 9.80 Å². The lowest BCUT2D eigenvalue weighted by Crippen LogP contribution is -1.99. The van der Waals surface area contributed by atoms with Crippen LogP contribution in [0.25, 0.3) is 0 Å². The third kappa shape index (κ3) is 97200. The predicted molar refractivity (Wildman–Crippen MR) is 54.9 cm³/mol. The minimum absolute atomic E-state index is 1.00. The Morgan fingerprint density at radius 3 is 0.818 bits per heavy atom. The van der Waals surface area contributed by atoms with Crippen LogP contribution in [0.15, 0.2) is 0 Å². The maximum atomic E-state index is 3.49. The minimum Gasteiger partial charge on any atom is -0.312 e. The van der Waals surface area contributed by atoms with Gasteiger partial charge in [-0.3, -0.25) is 0 Å². The highest BCUT2D eigenvalue weighted by molar-refractivity contribution is 4.18. The van der Waals surface area contributed by atoms with Gasteiger partial charge in [0.25, 0.3) is 0 Å². The average Bonchev–Trinajstić information content (AvgIpc) is 1.60. The summed E-state index contributed by atoms with van der Waals surface area (Å²) in [7, 11) is 12.0. The van der Waals surface area contributed by atoms with Crippen LogP contribution < -0.4 is 0 Å². The van der Waals surface area contributed by atoms with Crippen molar-refractivity contribution in [1.82, 2.24) is 9.80 Å². The molecule has 0 saturated carbocycles. The fourth-order valence-electron chi connectivity index (χ4n) is 0. The first kappa shape index (κ1) is 17.1. The molecule has 0 rings (SSSR count). The summed E-state index contributed by atoms with van der Waals surface area (Å²) in [6.07, 6.45) is 1.00. The molecule has 0 fully saturated rings. The molecule has 0 aromatic rings. The SMILES string of the molecule is CN(C)C.CN(C)C.[CH2]CC. The van der Waals surface area contributed by atoms with Crippen LogP contribution in [0, 0.1) is 6.92 Å². The smallest absolute Gasteiger partial charge is 0.0140 e. The van der Waals surface area contributed by atoms with Crippen LogP contribution in [0.5, 0.6) is 0 Å². The number of hydrogen-bond donors (Lipinski definition) is 0. The Balaban J connectivity index is -0.0000000886. The molecule has 0 aromatic heterocycles. The Morgan fingerprint density at radius 1 is 0.818 bits per heavy atom. The molecule has 2 nitrogen and oxygen atoms in total. The molecule has 0 atom stereocenters. The van der Waals surface area contributed by atoms with Gasteiger partial charge in [-0.1, -0.05) is 20.3 Å². The summed E-state index contributed by atoms with van der Waals surface area (Å²) in [4.78, 5) is 4.00. The molecule has 0 amide bonds. The van der Waals surface area contributed by atoms with Crippen molar-refractivity contribution in [3.8, 4) is 0 Å². The molecule has 0 N–H and O–H groups in total. The third-order valence-corrected chi connectivity index (χ3v) is 0. The van der Waals surface area contributed by atoms with E-state index in [0.29, 0.717) is 0 Å². The maximum Gasteiger partial charge on any atom is -0.0140 e. The Hall–Kier alpha value is -0.0800. The molecule has 0 aromatic carbocycles. The topological polar surface area (TPSA) is 6.48 Å². The quantitative estimate of drug-likeness (QED) is 0.532.